The summed E-state index contributed by atoms with van der Waals surface area (Å²) >= 11 is 6.11. The molecule has 1 aliphatic heterocycles. The number of nitrogens with one attached hydrogen (secondary N) is 1. The highest BCUT2D eigenvalue weighted by Gasteiger charge is 2.24. The minimum atomic E-state index is -0.0546. The first-order valence-corrected chi connectivity index (χ1v) is 8.97. The number of nitrogens with zero attached hydrogens (tertiary/aromatic N) is 2. The predicted octanol–water partition coefficient (Wildman–Crippen LogP) is 2.46. The number of benzene rings is 1. The highest BCUT2D eigenvalue weighted by atomic mass is 35.5. The largest absolute Gasteiger partial charge is 0.496 e. The first kappa shape index (κ1) is 19.4. The van der Waals surface area contributed by atoms with Crippen LogP contribution in [0.1, 0.15) is 24.5 Å². The van der Waals surface area contributed by atoms with Gasteiger partial charge in [0.25, 0.3) is 0 Å². The molecule has 1 heterocycles. The van der Waals surface area contributed by atoms with Gasteiger partial charge in [-0.25, -0.2) is 4.79 Å². The molecule has 1 aromatic rings. The lowest BCUT2D eigenvalue weighted by Crippen LogP contribution is -2.53. The van der Waals surface area contributed by atoms with Gasteiger partial charge in [-0.15, -0.1) is 0 Å². The lowest BCUT2D eigenvalue weighted by atomic mass is 10.1. The maximum atomic E-state index is 12.6. The second-order valence-electron chi connectivity index (χ2n) is 6.19. The topological polar surface area (TPSA) is 61.9 Å². The summed E-state index contributed by atoms with van der Waals surface area (Å²) in [5.74, 6) is 0.726. The number of urea groups is 1. The number of amides is 3. The Morgan fingerprint density at radius 1 is 1.20 bits per heavy atom. The zero-order valence-corrected chi connectivity index (χ0v) is 15.9. The van der Waals surface area contributed by atoms with Crippen LogP contribution < -0.4 is 10.1 Å². The molecule has 25 heavy (non-hydrogen) atoms. The lowest BCUT2D eigenvalue weighted by Gasteiger charge is -2.35. The Labute approximate surface area is 154 Å². The van der Waals surface area contributed by atoms with Crippen LogP contribution in [-0.4, -0.2) is 61.6 Å². The van der Waals surface area contributed by atoms with E-state index >= 15 is 0 Å². The number of piperazine rings is 1. The summed E-state index contributed by atoms with van der Waals surface area (Å²) in [6, 6.07) is 3.54. The summed E-state index contributed by atoms with van der Waals surface area (Å²) in [6.45, 7) is 6.78. The van der Waals surface area contributed by atoms with Crippen LogP contribution in [0.4, 0.5) is 4.79 Å². The normalized spacial score (nSPS) is 14.4. The molecule has 6 nitrogen and oxygen atoms in total. The van der Waals surface area contributed by atoms with Gasteiger partial charge in [0, 0.05) is 43.3 Å². The van der Waals surface area contributed by atoms with Crippen molar-refractivity contribution >= 4 is 23.5 Å². The highest BCUT2D eigenvalue weighted by molar-refractivity contribution is 6.30. The van der Waals surface area contributed by atoms with Gasteiger partial charge in [-0.1, -0.05) is 18.5 Å². The fraction of sp³-hybridized carbons (Fsp3) is 0.556. The second kappa shape index (κ2) is 8.94. The van der Waals surface area contributed by atoms with Crippen LogP contribution in [0.5, 0.6) is 5.75 Å². The van der Waals surface area contributed by atoms with Gasteiger partial charge in [0.1, 0.15) is 5.75 Å². The number of aryl methyl sites for hydroxylation is 1. The molecular formula is C18H26ClN3O3. The molecule has 0 spiro atoms. The van der Waals surface area contributed by atoms with Gasteiger partial charge in [-0.3, -0.25) is 4.79 Å². The summed E-state index contributed by atoms with van der Waals surface area (Å²) in [6.07, 6.45) is 1.15. The lowest BCUT2D eigenvalue weighted by molar-refractivity contribution is -0.131. The first-order valence-electron chi connectivity index (χ1n) is 8.59. The minimum absolute atomic E-state index is 0.0218. The Morgan fingerprint density at radius 2 is 1.84 bits per heavy atom. The molecule has 0 aliphatic carbocycles. The van der Waals surface area contributed by atoms with Gasteiger partial charge < -0.3 is 19.9 Å². The van der Waals surface area contributed by atoms with E-state index in [4.69, 9.17) is 16.3 Å². The van der Waals surface area contributed by atoms with E-state index in [1.54, 1.807) is 23.0 Å². The molecule has 0 saturated carbocycles. The van der Waals surface area contributed by atoms with Crippen molar-refractivity contribution in [2.24, 2.45) is 0 Å². The van der Waals surface area contributed by atoms with Crippen molar-refractivity contribution < 1.29 is 14.3 Å². The van der Waals surface area contributed by atoms with Crippen LogP contribution in [0.25, 0.3) is 0 Å². The monoisotopic (exact) mass is 367 g/mol. The van der Waals surface area contributed by atoms with Crippen LogP contribution >= 0.6 is 11.6 Å². The molecule has 7 heteroatoms. The Balaban J connectivity index is 1.94. The van der Waals surface area contributed by atoms with Crippen molar-refractivity contribution in [2.45, 2.75) is 26.7 Å². The van der Waals surface area contributed by atoms with Crippen molar-refractivity contribution in [3.8, 4) is 5.75 Å². The summed E-state index contributed by atoms with van der Waals surface area (Å²) in [4.78, 5) is 28.1. The van der Waals surface area contributed by atoms with Crippen molar-refractivity contribution in [2.75, 3.05) is 39.8 Å². The summed E-state index contributed by atoms with van der Waals surface area (Å²) in [7, 11) is 1.60. The average molecular weight is 368 g/mol. The van der Waals surface area contributed by atoms with Crippen molar-refractivity contribution in [3.63, 3.8) is 0 Å². The molecule has 1 aromatic carbocycles. The van der Waals surface area contributed by atoms with Crippen LogP contribution in [0.3, 0.4) is 0 Å². The van der Waals surface area contributed by atoms with Crippen LogP contribution in [0.15, 0.2) is 12.1 Å². The van der Waals surface area contributed by atoms with E-state index in [1.807, 2.05) is 19.9 Å². The smallest absolute Gasteiger partial charge is 0.317 e. The zero-order chi connectivity index (χ0) is 18.4. The van der Waals surface area contributed by atoms with E-state index in [0.29, 0.717) is 43.5 Å². The van der Waals surface area contributed by atoms with Crippen molar-refractivity contribution in [3.05, 3.63) is 28.3 Å². The third kappa shape index (κ3) is 5.01. The molecule has 1 fully saturated rings. The zero-order valence-electron chi connectivity index (χ0n) is 15.1. The third-order valence-corrected chi connectivity index (χ3v) is 4.53. The summed E-state index contributed by atoms with van der Waals surface area (Å²) < 4.78 is 5.41. The number of ether oxygens (including phenoxy) is 1. The predicted molar refractivity (Wildman–Crippen MR) is 98.3 cm³/mol. The summed E-state index contributed by atoms with van der Waals surface area (Å²) in [5.41, 5.74) is 1.70. The van der Waals surface area contributed by atoms with Gasteiger partial charge >= 0.3 is 6.03 Å². The van der Waals surface area contributed by atoms with Gasteiger partial charge in [0.15, 0.2) is 0 Å². The Hall–Kier alpha value is -1.95. The number of rotatable bonds is 5. The van der Waals surface area contributed by atoms with Gasteiger partial charge in [0.2, 0.25) is 5.91 Å². The average Bonchev–Trinajstić information content (AvgIpc) is 2.59. The number of halogens is 1. The van der Waals surface area contributed by atoms with E-state index < -0.39 is 0 Å². The summed E-state index contributed by atoms with van der Waals surface area (Å²) in [5, 5.41) is 3.46. The molecule has 3 amide bonds. The van der Waals surface area contributed by atoms with Gasteiger partial charge in [-0.2, -0.15) is 0 Å². The molecule has 1 saturated heterocycles. The number of hydrogen-bond acceptors (Lipinski definition) is 3. The molecule has 2 rings (SSSR count). The molecule has 1 N–H and O–H groups in total. The quantitative estimate of drug-likeness (QED) is 0.869. The molecule has 0 bridgehead atoms. The molecular weight excluding hydrogens is 342 g/mol. The highest BCUT2D eigenvalue weighted by Crippen LogP contribution is 2.28. The van der Waals surface area contributed by atoms with Gasteiger partial charge in [0.05, 0.1) is 13.5 Å². The maximum Gasteiger partial charge on any atom is 0.317 e. The van der Waals surface area contributed by atoms with Crippen molar-refractivity contribution in [1.29, 1.82) is 0 Å². The number of methoxy groups -OCH3 is 1. The van der Waals surface area contributed by atoms with Crippen LogP contribution in [0, 0.1) is 6.92 Å². The SMILES string of the molecule is CCCNC(=O)N1CCN(C(=O)Cc2cc(Cl)cc(C)c2OC)CC1. The Bertz CT molecular complexity index is 628. The Morgan fingerprint density at radius 3 is 2.44 bits per heavy atom. The fourth-order valence-electron chi connectivity index (χ4n) is 3.00. The molecule has 0 aromatic heterocycles. The number of hydrogen-bond donors (Lipinski definition) is 1. The van der Waals surface area contributed by atoms with E-state index in [0.717, 1.165) is 17.5 Å². The third-order valence-electron chi connectivity index (χ3n) is 4.31. The number of carbonyl (C=O) groups is 2. The van der Waals surface area contributed by atoms with Crippen LogP contribution in [-0.2, 0) is 11.2 Å². The molecule has 0 unspecified atom stereocenters. The van der Waals surface area contributed by atoms with Crippen molar-refractivity contribution in [1.82, 2.24) is 15.1 Å². The van der Waals surface area contributed by atoms with Gasteiger partial charge in [-0.05, 0) is 31.0 Å². The number of carbonyl (C=O) groups excluding carboxylic acids is 2. The second-order valence-corrected chi connectivity index (χ2v) is 6.63. The standard InChI is InChI=1S/C18H26ClN3O3/c1-4-5-20-18(24)22-8-6-21(7-9-22)16(23)12-14-11-15(19)10-13(2)17(14)25-3/h10-11H,4-9,12H2,1-3H3,(H,20,24). The molecule has 0 atom stereocenters. The minimum Gasteiger partial charge on any atom is -0.496 e. The Kier molecular flexibility index (Phi) is 6.93. The maximum absolute atomic E-state index is 12.6. The molecule has 0 radical (unpaired) electrons. The first-order chi connectivity index (χ1) is 12.0. The van der Waals surface area contributed by atoms with E-state index in [-0.39, 0.29) is 18.4 Å². The van der Waals surface area contributed by atoms with E-state index in [1.165, 1.54) is 0 Å². The molecule has 1 aliphatic rings. The fourth-order valence-corrected chi connectivity index (χ4v) is 3.30. The van der Waals surface area contributed by atoms with E-state index in [9.17, 15) is 9.59 Å². The molecule has 138 valence electrons. The van der Waals surface area contributed by atoms with E-state index in [2.05, 4.69) is 5.32 Å². The van der Waals surface area contributed by atoms with Crippen LogP contribution in [0.2, 0.25) is 5.02 Å².